The topological polar surface area (TPSA) is 76.7 Å². The molecule has 142 valence electrons. The number of benzene rings is 2. The van der Waals surface area contributed by atoms with E-state index in [4.69, 9.17) is 9.47 Å². The largest absolute Gasteiger partial charge is 0.493 e. The molecule has 0 unspecified atom stereocenters. The molecule has 2 aromatic carbocycles. The number of carbonyl (C=O) groups excluding carboxylic acids is 2. The molecule has 1 aliphatic carbocycles. The number of amides is 2. The second-order valence-corrected chi connectivity index (χ2v) is 7.06. The summed E-state index contributed by atoms with van der Waals surface area (Å²) in [6.07, 6.45) is 2.09. The van der Waals surface area contributed by atoms with Crippen LogP contribution < -0.4 is 20.1 Å². The average Bonchev–Trinajstić information content (AvgIpc) is 3.47. The zero-order chi connectivity index (χ0) is 19.4. The van der Waals surface area contributed by atoms with Gasteiger partial charge in [0.05, 0.1) is 18.2 Å². The van der Waals surface area contributed by atoms with Crippen LogP contribution >= 0.6 is 15.9 Å². The van der Waals surface area contributed by atoms with Crippen LogP contribution in [-0.4, -0.2) is 31.6 Å². The molecule has 1 saturated carbocycles. The van der Waals surface area contributed by atoms with Crippen molar-refractivity contribution >= 4 is 33.4 Å². The maximum Gasteiger partial charge on any atom is 0.255 e. The lowest BCUT2D eigenvalue weighted by atomic mass is 10.1. The molecule has 7 heteroatoms. The van der Waals surface area contributed by atoms with Crippen molar-refractivity contribution in [1.29, 1.82) is 0 Å². The van der Waals surface area contributed by atoms with E-state index in [1.54, 1.807) is 36.4 Å². The normalized spacial score (nSPS) is 13.0. The minimum atomic E-state index is -0.285. The van der Waals surface area contributed by atoms with Crippen molar-refractivity contribution in [1.82, 2.24) is 5.32 Å². The van der Waals surface area contributed by atoms with Gasteiger partial charge in [-0.3, -0.25) is 9.59 Å². The highest BCUT2D eigenvalue weighted by Gasteiger charge is 2.23. The number of methoxy groups -OCH3 is 1. The van der Waals surface area contributed by atoms with E-state index in [0.717, 1.165) is 12.8 Å². The number of nitrogens with one attached hydrogen (secondary N) is 2. The highest BCUT2D eigenvalue weighted by atomic mass is 79.9. The molecule has 0 bridgehead atoms. The van der Waals surface area contributed by atoms with E-state index in [2.05, 4.69) is 26.6 Å². The average molecular weight is 433 g/mol. The first-order valence-corrected chi connectivity index (χ1v) is 9.53. The van der Waals surface area contributed by atoms with Crippen LogP contribution in [-0.2, 0) is 0 Å². The van der Waals surface area contributed by atoms with E-state index in [-0.39, 0.29) is 11.8 Å². The standard InChI is InChI=1S/C20H21BrN2O4/c1-3-27-18-16(21)10-13(11-17(18)26-2)20(25)23-14-6-4-12(5-7-14)19(24)22-15-8-9-15/h4-7,10-11,15H,3,8-9H2,1-2H3,(H,22,24)(H,23,25). The summed E-state index contributed by atoms with van der Waals surface area (Å²) < 4.78 is 11.5. The Balaban J connectivity index is 1.71. The minimum Gasteiger partial charge on any atom is -0.493 e. The van der Waals surface area contributed by atoms with Crippen molar-refractivity contribution in [2.24, 2.45) is 0 Å². The van der Waals surface area contributed by atoms with Gasteiger partial charge in [0, 0.05) is 22.9 Å². The van der Waals surface area contributed by atoms with Gasteiger partial charge in [-0.2, -0.15) is 0 Å². The van der Waals surface area contributed by atoms with E-state index in [1.807, 2.05) is 6.92 Å². The molecule has 0 heterocycles. The number of ether oxygens (including phenoxy) is 2. The molecule has 2 N–H and O–H groups in total. The van der Waals surface area contributed by atoms with Crippen molar-refractivity contribution in [2.75, 3.05) is 19.0 Å². The predicted molar refractivity (Wildman–Crippen MR) is 107 cm³/mol. The number of anilines is 1. The molecule has 6 nitrogen and oxygen atoms in total. The second-order valence-electron chi connectivity index (χ2n) is 6.20. The summed E-state index contributed by atoms with van der Waals surface area (Å²) in [7, 11) is 1.53. The van der Waals surface area contributed by atoms with Gasteiger partial charge in [-0.05, 0) is 72.1 Å². The Labute approximate surface area is 166 Å². The van der Waals surface area contributed by atoms with Crippen molar-refractivity contribution in [3.05, 3.63) is 52.0 Å². The van der Waals surface area contributed by atoms with Crippen LogP contribution in [0.3, 0.4) is 0 Å². The lowest BCUT2D eigenvalue weighted by molar-refractivity contribution is 0.0950. The molecule has 0 spiro atoms. The second kappa shape index (κ2) is 8.43. The number of halogens is 1. The van der Waals surface area contributed by atoms with Gasteiger partial charge in [0.25, 0.3) is 11.8 Å². The first-order chi connectivity index (χ1) is 13.0. The van der Waals surface area contributed by atoms with Crippen LogP contribution in [0.25, 0.3) is 0 Å². The Morgan fingerprint density at radius 2 is 1.81 bits per heavy atom. The fourth-order valence-electron chi connectivity index (χ4n) is 2.54. The minimum absolute atomic E-state index is 0.0874. The molecule has 0 saturated heterocycles. The van der Waals surface area contributed by atoms with Crippen LogP contribution in [0, 0.1) is 0 Å². The Morgan fingerprint density at radius 3 is 2.41 bits per heavy atom. The lowest BCUT2D eigenvalue weighted by Gasteiger charge is -2.13. The number of hydrogen-bond donors (Lipinski definition) is 2. The molecule has 3 rings (SSSR count). The quantitative estimate of drug-likeness (QED) is 0.692. The third-order valence-corrected chi connectivity index (χ3v) is 4.69. The van der Waals surface area contributed by atoms with Crippen molar-refractivity contribution in [2.45, 2.75) is 25.8 Å². The van der Waals surface area contributed by atoms with Crippen LogP contribution in [0.4, 0.5) is 5.69 Å². The van der Waals surface area contributed by atoms with Gasteiger partial charge in [-0.15, -0.1) is 0 Å². The van der Waals surface area contributed by atoms with E-state index < -0.39 is 0 Å². The first-order valence-electron chi connectivity index (χ1n) is 8.74. The Bertz CT molecular complexity index is 848. The summed E-state index contributed by atoms with van der Waals surface area (Å²) in [6, 6.07) is 10.4. The number of carbonyl (C=O) groups is 2. The molecule has 2 amide bonds. The first kappa shape index (κ1) is 19.2. The van der Waals surface area contributed by atoms with Gasteiger partial charge in [0.1, 0.15) is 0 Å². The van der Waals surface area contributed by atoms with Gasteiger partial charge >= 0.3 is 0 Å². The lowest BCUT2D eigenvalue weighted by Crippen LogP contribution is -2.25. The highest BCUT2D eigenvalue weighted by Crippen LogP contribution is 2.36. The van der Waals surface area contributed by atoms with Crippen molar-refractivity contribution in [3.63, 3.8) is 0 Å². The molecule has 0 aliphatic heterocycles. The van der Waals surface area contributed by atoms with Crippen molar-refractivity contribution in [3.8, 4) is 11.5 Å². The van der Waals surface area contributed by atoms with Gasteiger partial charge in [-0.25, -0.2) is 0 Å². The van der Waals surface area contributed by atoms with Crippen LogP contribution in [0.15, 0.2) is 40.9 Å². The summed E-state index contributed by atoms with van der Waals surface area (Å²) in [6.45, 7) is 2.36. The van der Waals surface area contributed by atoms with Crippen LogP contribution in [0.2, 0.25) is 0 Å². The maximum atomic E-state index is 12.6. The Hall–Kier alpha value is -2.54. The van der Waals surface area contributed by atoms with Crippen LogP contribution in [0.5, 0.6) is 11.5 Å². The number of hydrogen-bond acceptors (Lipinski definition) is 4. The maximum absolute atomic E-state index is 12.6. The van der Waals surface area contributed by atoms with Gasteiger partial charge < -0.3 is 20.1 Å². The van der Waals surface area contributed by atoms with Gasteiger partial charge in [-0.1, -0.05) is 0 Å². The Kier molecular flexibility index (Phi) is 6.01. The SMILES string of the molecule is CCOc1c(Br)cc(C(=O)Nc2ccc(C(=O)NC3CC3)cc2)cc1OC. The molecule has 1 aliphatic rings. The number of rotatable bonds is 7. The highest BCUT2D eigenvalue weighted by molar-refractivity contribution is 9.10. The summed E-state index contributed by atoms with van der Waals surface area (Å²) in [5, 5.41) is 5.75. The molecule has 1 fully saturated rings. The third kappa shape index (κ3) is 4.80. The Morgan fingerprint density at radius 1 is 1.11 bits per heavy atom. The monoisotopic (exact) mass is 432 g/mol. The van der Waals surface area contributed by atoms with E-state index in [0.29, 0.717) is 45.4 Å². The molecule has 27 heavy (non-hydrogen) atoms. The molecule has 0 radical (unpaired) electrons. The molecule has 0 atom stereocenters. The zero-order valence-electron chi connectivity index (χ0n) is 15.2. The molecule has 0 aromatic heterocycles. The van der Waals surface area contributed by atoms with E-state index in [9.17, 15) is 9.59 Å². The predicted octanol–water partition coefficient (Wildman–Crippen LogP) is 4.00. The van der Waals surface area contributed by atoms with E-state index in [1.165, 1.54) is 7.11 Å². The third-order valence-electron chi connectivity index (χ3n) is 4.10. The summed E-state index contributed by atoms with van der Waals surface area (Å²) in [4.78, 5) is 24.6. The fourth-order valence-corrected chi connectivity index (χ4v) is 3.10. The van der Waals surface area contributed by atoms with Gasteiger partial charge in [0.15, 0.2) is 11.5 Å². The van der Waals surface area contributed by atoms with Gasteiger partial charge in [0.2, 0.25) is 0 Å². The summed E-state index contributed by atoms with van der Waals surface area (Å²) in [5.41, 5.74) is 1.61. The summed E-state index contributed by atoms with van der Waals surface area (Å²) in [5.74, 6) is 0.661. The fraction of sp³-hybridized carbons (Fsp3) is 0.300. The molecule has 2 aromatic rings. The van der Waals surface area contributed by atoms with Crippen molar-refractivity contribution < 1.29 is 19.1 Å². The molecular formula is C20H21BrN2O4. The van der Waals surface area contributed by atoms with E-state index >= 15 is 0 Å². The zero-order valence-corrected chi connectivity index (χ0v) is 16.8. The summed E-state index contributed by atoms with van der Waals surface area (Å²) >= 11 is 3.41. The molecular weight excluding hydrogens is 412 g/mol. The smallest absolute Gasteiger partial charge is 0.255 e. The van der Waals surface area contributed by atoms with Crippen LogP contribution in [0.1, 0.15) is 40.5 Å².